The van der Waals surface area contributed by atoms with E-state index in [1.165, 1.54) is 11.1 Å². The van der Waals surface area contributed by atoms with Crippen LogP contribution in [0.3, 0.4) is 0 Å². The third-order valence-electron chi connectivity index (χ3n) is 5.91. The van der Waals surface area contributed by atoms with E-state index in [0.29, 0.717) is 6.42 Å². The molecule has 0 atom stereocenters. The Morgan fingerprint density at radius 2 is 1.30 bits per heavy atom. The van der Waals surface area contributed by atoms with E-state index in [1.807, 2.05) is 24.3 Å². The highest BCUT2D eigenvalue weighted by Gasteiger charge is 2.48. The van der Waals surface area contributed by atoms with Crippen molar-refractivity contribution in [2.45, 2.75) is 36.7 Å². The highest BCUT2D eigenvalue weighted by molar-refractivity contribution is 5.59. The van der Waals surface area contributed by atoms with Crippen molar-refractivity contribution < 1.29 is 5.11 Å². The minimum atomic E-state index is -0.963. The molecule has 0 spiro atoms. The maximum atomic E-state index is 12.0. The van der Waals surface area contributed by atoms with Crippen LogP contribution in [0.1, 0.15) is 47.9 Å². The average Bonchev–Trinajstić information content (AvgIpc) is 2.66. The highest BCUT2D eigenvalue weighted by Crippen LogP contribution is 2.53. The molecule has 2 aromatic carbocycles. The van der Waals surface area contributed by atoms with Crippen molar-refractivity contribution in [2.24, 2.45) is 0 Å². The standard InChI is InChI=1S/C25H31NO/c1-5-16-24(17-6-2)20-12-7-9-14-22(20)25(27,18-11-19-26(3)4)23-15-10-8-13-21(23)24/h5-10,12-15,27H,1-2,11,16-19H2,3-4H3. The van der Waals surface area contributed by atoms with Crippen LogP contribution in [0.5, 0.6) is 0 Å². The molecule has 1 N–H and O–H groups in total. The topological polar surface area (TPSA) is 23.5 Å². The zero-order chi connectivity index (χ0) is 19.5. The molecular formula is C25H31NO. The Kier molecular flexibility index (Phi) is 5.69. The third kappa shape index (κ3) is 3.28. The first-order chi connectivity index (χ1) is 13.0. The Balaban J connectivity index is 2.23. The van der Waals surface area contributed by atoms with Crippen molar-refractivity contribution in [2.75, 3.05) is 20.6 Å². The molecule has 0 heterocycles. The molecule has 2 aromatic rings. The molecule has 0 amide bonds. The third-order valence-corrected chi connectivity index (χ3v) is 5.91. The van der Waals surface area contributed by atoms with Crippen molar-refractivity contribution in [3.05, 3.63) is 96.1 Å². The summed E-state index contributed by atoms with van der Waals surface area (Å²) in [4.78, 5) is 2.17. The first kappa shape index (κ1) is 19.6. The van der Waals surface area contributed by atoms with Gasteiger partial charge in [0.2, 0.25) is 0 Å². The number of allylic oxidation sites excluding steroid dienone is 2. The van der Waals surface area contributed by atoms with Gasteiger partial charge in [0.25, 0.3) is 0 Å². The van der Waals surface area contributed by atoms with Gasteiger partial charge in [0.15, 0.2) is 0 Å². The summed E-state index contributed by atoms with van der Waals surface area (Å²) >= 11 is 0. The SMILES string of the molecule is C=CCC1(CC=C)c2ccccc2C(O)(CCCN(C)C)c2ccccc21. The normalized spacial score (nSPS) is 16.4. The smallest absolute Gasteiger partial charge is 0.115 e. The monoisotopic (exact) mass is 361 g/mol. The Morgan fingerprint density at radius 3 is 1.70 bits per heavy atom. The fraction of sp³-hybridized carbons (Fsp3) is 0.360. The van der Waals surface area contributed by atoms with Gasteiger partial charge in [-0.2, -0.15) is 0 Å². The molecule has 3 rings (SSSR count). The quantitative estimate of drug-likeness (QED) is 0.668. The molecule has 0 radical (unpaired) electrons. The maximum Gasteiger partial charge on any atom is 0.115 e. The van der Waals surface area contributed by atoms with E-state index in [-0.39, 0.29) is 5.41 Å². The van der Waals surface area contributed by atoms with E-state index >= 15 is 0 Å². The molecule has 0 aromatic heterocycles. The van der Waals surface area contributed by atoms with Gasteiger partial charge >= 0.3 is 0 Å². The Labute approximate surface area is 163 Å². The summed E-state index contributed by atoms with van der Waals surface area (Å²) in [5.41, 5.74) is 3.29. The second-order valence-electron chi connectivity index (χ2n) is 7.93. The summed E-state index contributed by atoms with van der Waals surface area (Å²) in [6.45, 7) is 9.02. The van der Waals surface area contributed by atoms with Gasteiger partial charge in [-0.3, -0.25) is 0 Å². The fourth-order valence-electron chi connectivity index (χ4n) is 4.75. The van der Waals surface area contributed by atoms with Crippen LogP contribution in [0.4, 0.5) is 0 Å². The van der Waals surface area contributed by atoms with Crippen LogP contribution in [-0.2, 0) is 11.0 Å². The van der Waals surface area contributed by atoms with Crippen molar-refractivity contribution >= 4 is 0 Å². The molecule has 0 saturated carbocycles. The summed E-state index contributed by atoms with van der Waals surface area (Å²) < 4.78 is 0. The van der Waals surface area contributed by atoms with Gasteiger partial charge in [0, 0.05) is 5.41 Å². The second-order valence-corrected chi connectivity index (χ2v) is 7.93. The molecule has 27 heavy (non-hydrogen) atoms. The molecule has 0 fully saturated rings. The van der Waals surface area contributed by atoms with Crippen LogP contribution in [0.25, 0.3) is 0 Å². The second kappa shape index (κ2) is 7.84. The summed E-state index contributed by atoms with van der Waals surface area (Å²) in [7, 11) is 4.15. The summed E-state index contributed by atoms with van der Waals surface area (Å²) in [6.07, 6.45) is 7.27. The van der Waals surface area contributed by atoms with Gasteiger partial charge in [-0.25, -0.2) is 0 Å². The lowest BCUT2D eigenvalue weighted by Crippen LogP contribution is -2.43. The number of benzene rings is 2. The van der Waals surface area contributed by atoms with Gasteiger partial charge < -0.3 is 10.0 Å². The van der Waals surface area contributed by atoms with Crippen molar-refractivity contribution in [1.29, 1.82) is 0 Å². The maximum absolute atomic E-state index is 12.0. The zero-order valence-electron chi connectivity index (χ0n) is 16.6. The lowest BCUT2D eigenvalue weighted by molar-refractivity contribution is 0.0582. The molecule has 0 bridgehead atoms. The lowest BCUT2D eigenvalue weighted by atomic mass is 9.58. The van der Waals surface area contributed by atoms with E-state index in [9.17, 15) is 5.11 Å². The predicted octanol–water partition coefficient (Wildman–Crippen LogP) is 5.02. The molecule has 1 aliphatic rings. The molecule has 0 saturated heterocycles. The highest BCUT2D eigenvalue weighted by atomic mass is 16.3. The number of aliphatic hydroxyl groups is 1. The number of hydrogen-bond acceptors (Lipinski definition) is 2. The van der Waals surface area contributed by atoms with Gasteiger partial charge in [-0.1, -0.05) is 60.7 Å². The van der Waals surface area contributed by atoms with E-state index in [0.717, 1.165) is 36.9 Å². The predicted molar refractivity (Wildman–Crippen MR) is 114 cm³/mol. The first-order valence-electron chi connectivity index (χ1n) is 9.78. The Hall–Kier alpha value is -2.16. The zero-order valence-corrected chi connectivity index (χ0v) is 16.6. The van der Waals surface area contributed by atoms with Gasteiger partial charge in [-0.15, -0.1) is 13.2 Å². The van der Waals surface area contributed by atoms with Gasteiger partial charge in [0.05, 0.1) is 0 Å². The van der Waals surface area contributed by atoms with E-state index in [4.69, 9.17) is 0 Å². The number of rotatable bonds is 8. The minimum absolute atomic E-state index is 0.218. The fourth-order valence-corrected chi connectivity index (χ4v) is 4.75. The number of nitrogens with zero attached hydrogens (tertiary/aromatic N) is 1. The molecule has 0 aliphatic heterocycles. The molecule has 142 valence electrons. The van der Waals surface area contributed by atoms with E-state index < -0.39 is 5.60 Å². The summed E-state index contributed by atoms with van der Waals surface area (Å²) in [5, 5.41) is 12.0. The molecule has 2 nitrogen and oxygen atoms in total. The van der Waals surface area contributed by atoms with E-state index in [2.05, 4.69) is 68.6 Å². The van der Waals surface area contributed by atoms with Gasteiger partial charge in [-0.05, 0) is 68.6 Å². The van der Waals surface area contributed by atoms with Crippen molar-refractivity contribution in [3.8, 4) is 0 Å². The Bertz CT molecular complexity index is 761. The first-order valence-corrected chi connectivity index (χ1v) is 9.78. The average molecular weight is 362 g/mol. The van der Waals surface area contributed by atoms with E-state index in [1.54, 1.807) is 0 Å². The Morgan fingerprint density at radius 1 is 0.852 bits per heavy atom. The van der Waals surface area contributed by atoms with Crippen molar-refractivity contribution in [3.63, 3.8) is 0 Å². The van der Waals surface area contributed by atoms with Crippen LogP contribution in [-0.4, -0.2) is 30.6 Å². The number of fused-ring (bicyclic) bond motifs is 2. The molecular weight excluding hydrogens is 330 g/mol. The lowest BCUT2D eigenvalue weighted by Gasteiger charge is -2.47. The molecule has 1 aliphatic carbocycles. The van der Waals surface area contributed by atoms with Crippen LogP contribution < -0.4 is 0 Å². The van der Waals surface area contributed by atoms with Crippen molar-refractivity contribution in [1.82, 2.24) is 4.90 Å². The number of hydrogen-bond donors (Lipinski definition) is 1. The molecule has 0 unspecified atom stereocenters. The van der Waals surface area contributed by atoms with Gasteiger partial charge in [0.1, 0.15) is 5.60 Å². The molecule has 2 heteroatoms. The largest absolute Gasteiger partial charge is 0.380 e. The summed E-state index contributed by atoms with van der Waals surface area (Å²) in [5.74, 6) is 0. The van der Waals surface area contributed by atoms with Crippen LogP contribution >= 0.6 is 0 Å². The summed E-state index contributed by atoms with van der Waals surface area (Å²) in [6, 6.07) is 16.8. The minimum Gasteiger partial charge on any atom is -0.380 e. The van der Waals surface area contributed by atoms with Crippen LogP contribution in [0.2, 0.25) is 0 Å². The van der Waals surface area contributed by atoms with Crippen LogP contribution in [0.15, 0.2) is 73.8 Å². The van der Waals surface area contributed by atoms with Crippen LogP contribution in [0, 0.1) is 0 Å².